The van der Waals surface area contributed by atoms with Crippen LogP contribution in [0.5, 0.6) is 5.75 Å². The second-order valence-electron chi connectivity index (χ2n) is 7.11. The smallest absolute Gasteiger partial charge is 0.269 e. The second-order valence-corrected chi connectivity index (χ2v) is 7.11. The molecule has 4 rings (SSSR count). The molecule has 1 amide bonds. The van der Waals surface area contributed by atoms with Crippen molar-refractivity contribution < 1.29 is 14.6 Å². The molecule has 2 fully saturated rings. The number of para-hydroxylation sites is 1. The number of phenolic OH excluding ortho intramolecular Hbond substituents is 1. The van der Waals surface area contributed by atoms with Crippen molar-refractivity contribution in [3.8, 4) is 17.0 Å². The lowest BCUT2D eigenvalue weighted by Crippen LogP contribution is -2.37. The van der Waals surface area contributed by atoms with Gasteiger partial charge in [-0.05, 0) is 37.5 Å². The number of rotatable bonds is 3. The fraction of sp³-hybridized carbons (Fsp3) is 0.474. The fourth-order valence-electron chi connectivity index (χ4n) is 4.01. The van der Waals surface area contributed by atoms with E-state index < -0.39 is 0 Å². The summed E-state index contributed by atoms with van der Waals surface area (Å²) in [5.41, 5.74) is 1.52. The summed E-state index contributed by atoms with van der Waals surface area (Å²) in [5.74, 6) is -0.0416. The van der Waals surface area contributed by atoms with Crippen LogP contribution in [0.2, 0.25) is 0 Å². The van der Waals surface area contributed by atoms with Gasteiger partial charge in [0.25, 0.3) is 5.91 Å². The predicted octanol–water partition coefficient (Wildman–Crippen LogP) is 3.00. The molecule has 0 radical (unpaired) electrons. The lowest BCUT2D eigenvalue weighted by atomic mass is 9.82. The molecule has 3 N–H and O–H groups in total. The van der Waals surface area contributed by atoms with Crippen LogP contribution < -0.4 is 5.32 Å². The number of phenols is 1. The number of aromatic amines is 1. The van der Waals surface area contributed by atoms with Gasteiger partial charge in [-0.15, -0.1) is 0 Å². The third-order valence-electron chi connectivity index (χ3n) is 5.31. The van der Waals surface area contributed by atoms with Gasteiger partial charge in [-0.1, -0.05) is 31.4 Å². The minimum Gasteiger partial charge on any atom is -0.507 e. The van der Waals surface area contributed by atoms with E-state index in [2.05, 4.69) is 15.5 Å². The molecule has 1 spiro atoms. The highest BCUT2D eigenvalue weighted by atomic mass is 16.5. The number of benzene rings is 1. The number of aromatic hydroxyl groups is 1. The van der Waals surface area contributed by atoms with Crippen LogP contribution in [0, 0.1) is 0 Å². The van der Waals surface area contributed by atoms with Gasteiger partial charge in [0.05, 0.1) is 23.9 Å². The largest absolute Gasteiger partial charge is 0.507 e. The van der Waals surface area contributed by atoms with Crippen molar-refractivity contribution in [2.45, 2.75) is 50.2 Å². The second kappa shape index (κ2) is 6.52. The lowest BCUT2D eigenvalue weighted by molar-refractivity contribution is -0.0246. The number of carbonyl (C=O) groups is 1. The van der Waals surface area contributed by atoms with E-state index >= 15 is 0 Å². The summed E-state index contributed by atoms with van der Waals surface area (Å²) in [4.78, 5) is 12.5. The Morgan fingerprint density at radius 3 is 2.88 bits per heavy atom. The quantitative estimate of drug-likeness (QED) is 0.801. The fourth-order valence-corrected chi connectivity index (χ4v) is 4.01. The van der Waals surface area contributed by atoms with Gasteiger partial charge < -0.3 is 15.2 Å². The molecule has 2 aromatic rings. The third-order valence-corrected chi connectivity index (χ3v) is 5.31. The molecule has 1 aliphatic carbocycles. The molecule has 1 aromatic heterocycles. The van der Waals surface area contributed by atoms with Gasteiger partial charge in [0.1, 0.15) is 11.4 Å². The first-order valence-corrected chi connectivity index (χ1v) is 8.94. The van der Waals surface area contributed by atoms with E-state index in [9.17, 15) is 9.90 Å². The van der Waals surface area contributed by atoms with Crippen molar-refractivity contribution in [1.82, 2.24) is 15.5 Å². The molecule has 6 nitrogen and oxygen atoms in total. The van der Waals surface area contributed by atoms with E-state index in [1.54, 1.807) is 24.3 Å². The van der Waals surface area contributed by atoms with Crippen molar-refractivity contribution in [2.75, 3.05) is 6.61 Å². The minimum absolute atomic E-state index is 0.0226. The van der Waals surface area contributed by atoms with E-state index in [-0.39, 0.29) is 23.3 Å². The Balaban J connectivity index is 1.42. The molecule has 25 heavy (non-hydrogen) atoms. The molecule has 6 heteroatoms. The Kier molecular flexibility index (Phi) is 4.21. The third kappa shape index (κ3) is 3.26. The van der Waals surface area contributed by atoms with Gasteiger partial charge >= 0.3 is 0 Å². The summed E-state index contributed by atoms with van der Waals surface area (Å²) in [5, 5.41) is 19.9. The lowest BCUT2D eigenvalue weighted by Gasteiger charge is -2.32. The molecule has 1 saturated heterocycles. The first-order chi connectivity index (χ1) is 12.2. The standard InChI is InChI=1S/C19H23N3O3/c23-17-7-3-2-6-14(17)15-10-16(22-21-15)18(24)20-13-11-19(25-12-13)8-4-1-5-9-19/h2-3,6-7,10,13,23H,1,4-5,8-9,11-12H2,(H,20,24)(H,21,22)/t13-/m0/s1. The van der Waals surface area contributed by atoms with Crippen molar-refractivity contribution in [2.24, 2.45) is 0 Å². The minimum atomic E-state index is -0.185. The monoisotopic (exact) mass is 341 g/mol. The Bertz CT molecular complexity index is 765. The molecular formula is C19H23N3O3. The van der Waals surface area contributed by atoms with Crippen LogP contribution >= 0.6 is 0 Å². The molecule has 0 bridgehead atoms. The summed E-state index contributed by atoms with van der Waals surface area (Å²) in [6, 6.07) is 8.65. The summed E-state index contributed by atoms with van der Waals surface area (Å²) < 4.78 is 6.05. The van der Waals surface area contributed by atoms with Crippen LogP contribution in [0.3, 0.4) is 0 Å². The van der Waals surface area contributed by atoms with Crippen LogP contribution in [-0.2, 0) is 4.74 Å². The van der Waals surface area contributed by atoms with Crippen molar-refractivity contribution in [3.05, 3.63) is 36.0 Å². The molecule has 1 aromatic carbocycles. The predicted molar refractivity (Wildman–Crippen MR) is 93.3 cm³/mol. The Morgan fingerprint density at radius 2 is 2.08 bits per heavy atom. The van der Waals surface area contributed by atoms with E-state index in [0.29, 0.717) is 23.6 Å². The Hall–Kier alpha value is -2.34. The highest BCUT2D eigenvalue weighted by molar-refractivity contribution is 5.93. The van der Waals surface area contributed by atoms with Gasteiger partial charge in [0.2, 0.25) is 0 Å². The summed E-state index contributed by atoms with van der Waals surface area (Å²) in [6.07, 6.45) is 6.79. The SMILES string of the molecule is O=C(N[C@@H]1COC2(CCCCC2)C1)c1cc(-c2ccccc2O)n[nH]1. The summed E-state index contributed by atoms with van der Waals surface area (Å²) >= 11 is 0. The first-order valence-electron chi connectivity index (χ1n) is 8.94. The number of carbonyl (C=O) groups excluding carboxylic acids is 1. The van der Waals surface area contributed by atoms with Crippen LogP contribution in [0.25, 0.3) is 11.3 Å². The van der Waals surface area contributed by atoms with Crippen LogP contribution in [0.1, 0.15) is 49.0 Å². The van der Waals surface area contributed by atoms with E-state index in [0.717, 1.165) is 19.3 Å². The van der Waals surface area contributed by atoms with Crippen molar-refractivity contribution >= 4 is 5.91 Å². The first kappa shape index (κ1) is 16.1. The zero-order valence-corrected chi connectivity index (χ0v) is 14.1. The molecule has 132 valence electrons. The molecule has 1 aliphatic heterocycles. The van der Waals surface area contributed by atoms with Crippen molar-refractivity contribution in [3.63, 3.8) is 0 Å². The maximum absolute atomic E-state index is 12.5. The Morgan fingerprint density at radius 1 is 1.28 bits per heavy atom. The van der Waals surface area contributed by atoms with E-state index in [4.69, 9.17) is 4.74 Å². The average molecular weight is 341 g/mol. The van der Waals surface area contributed by atoms with Crippen LogP contribution in [-0.4, -0.2) is 39.5 Å². The maximum atomic E-state index is 12.5. The molecule has 1 atom stereocenters. The van der Waals surface area contributed by atoms with E-state index in [1.807, 2.05) is 6.07 Å². The number of hydrogen-bond acceptors (Lipinski definition) is 4. The highest BCUT2D eigenvalue weighted by Crippen LogP contribution is 2.39. The maximum Gasteiger partial charge on any atom is 0.269 e. The van der Waals surface area contributed by atoms with Crippen LogP contribution in [0.15, 0.2) is 30.3 Å². The van der Waals surface area contributed by atoms with Gasteiger partial charge in [0, 0.05) is 5.56 Å². The summed E-state index contributed by atoms with van der Waals surface area (Å²) in [6.45, 7) is 0.576. The van der Waals surface area contributed by atoms with Gasteiger partial charge in [0.15, 0.2) is 0 Å². The summed E-state index contributed by atoms with van der Waals surface area (Å²) in [7, 11) is 0. The number of nitrogens with zero attached hydrogens (tertiary/aromatic N) is 1. The van der Waals surface area contributed by atoms with Gasteiger partial charge in [-0.2, -0.15) is 5.10 Å². The van der Waals surface area contributed by atoms with Crippen LogP contribution in [0.4, 0.5) is 0 Å². The number of nitrogens with one attached hydrogen (secondary N) is 2. The Labute approximate surface area is 146 Å². The number of aromatic nitrogens is 2. The number of hydrogen-bond donors (Lipinski definition) is 3. The molecule has 2 heterocycles. The normalized spacial score (nSPS) is 22.2. The highest BCUT2D eigenvalue weighted by Gasteiger charge is 2.41. The molecule has 0 unspecified atom stereocenters. The van der Waals surface area contributed by atoms with Gasteiger partial charge in [-0.3, -0.25) is 9.89 Å². The average Bonchev–Trinajstić information content (AvgIpc) is 3.24. The zero-order valence-electron chi connectivity index (χ0n) is 14.1. The topological polar surface area (TPSA) is 87.2 Å². The number of amides is 1. The zero-order chi connectivity index (χ0) is 17.3. The number of ether oxygens (including phenoxy) is 1. The number of H-pyrrole nitrogens is 1. The van der Waals surface area contributed by atoms with Crippen molar-refractivity contribution in [1.29, 1.82) is 0 Å². The van der Waals surface area contributed by atoms with E-state index in [1.165, 1.54) is 19.3 Å². The van der Waals surface area contributed by atoms with Gasteiger partial charge in [-0.25, -0.2) is 0 Å². The molecular weight excluding hydrogens is 318 g/mol. The molecule has 2 aliphatic rings. The molecule has 1 saturated carbocycles.